The average molecular weight is 337 g/mol. The molecule has 0 spiro atoms. The number of halogens is 3. The van der Waals surface area contributed by atoms with Gasteiger partial charge >= 0.3 is 6.18 Å². The van der Waals surface area contributed by atoms with Crippen molar-refractivity contribution in [1.82, 2.24) is 4.31 Å². The van der Waals surface area contributed by atoms with E-state index in [0.717, 1.165) is 16.4 Å². The van der Waals surface area contributed by atoms with E-state index in [1.807, 2.05) is 0 Å². The summed E-state index contributed by atoms with van der Waals surface area (Å²) in [7, 11) is -3.60. The topological polar surface area (TPSA) is 57.6 Å². The predicted molar refractivity (Wildman–Crippen MR) is 75.6 cm³/mol. The second-order valence-electron chi connectivity index (χ2n) is 5.41. The van der Waals surface area contributed by atoms with Gasteiger partial charge in [0.1, 0.15) is 0 Å². The smallest absolute Gasteiger partial charge is 0.392 e. The van der Waals surface area contributed by atoms with Crippen LogP contribution in [-0.2, 0) is 16.2 Å². The largest absolute Gasteiger partial charge is 0.416 e. The fourth-order valence-electron chi connectivity index (χ4n) is 2.69. The molecule has 2 unspecified atom stereocenters. The van der Waals surface area contributed by atoms with Crippen molar-refractivity contribution in [3.05, 3.63) is 35.4 Å². The van der Waals surface area contributed by atoms with E-state index in [4.69, 9.17) is 0 Å². The molecular formula is C14H18F3NO3S. The lowest BCUT2D eigenvalue weighted by molar-refractivity contribution is -0.137. The van der Waals surface area contributed by atoms with Crippen molar-refractivity contribution >= 4 is 10.0 Å². The molecule has 1 fully saturated rings. The van der Waals surface area contributed by atoms with Crippen LogP contribution in [0.3, 0.4) is 0 Å². The van der Waals surface area contributed by atoms with Crippen molar-refractivity contribution in [2.75, 3.05) is 12.3 Å². The maximum absolute atomic E-state index is 12.8. The summed E-state index contributed by atoms with van der Waals surface area (Å²) < 4.78 is 64.0. The predicted octanol–water partition coefficient (Wildman–Crippen LogP) is 2.55. The van der Waals surface area contributed by atoms with Crippen molar-refractivity contribution in [2.45, 2.75) is 38.1 Å². The lowest BCUT2D eigenvalue weighted by atomic mass is 10.0. The van der Waals surface area contributed by atoms with Gasteiger partial charge in [0.2, 0.25) is 10.0 Å². The number of benzene rings is 1. The minimum Gasteiger partial charge on any atom is -0.392 e. The SMILES string of the molecule is CCCS(=O)(=O)N1CC(O)CC1c1cccc(C(F)(F)F)c1. The summed E-state index contributed by atoms with van der Waals surface area (Å²) in [6, 6.07) is 3.87. The molecule has 1 aromatic carbocycles. The highest BCUT2D eigenvalue weighted by Crippen LogP contribution is 2.37. The van der Waals surface area contributed by atoms with Crippen LogP contribution in [0.5, 0.6) is 0 Å². The molecule has 0 aliphatic carbocycles. The zero-order chi connectivity index (χ0) is 16.5. The van der Waals surface area contributed by atoms with E-state index in [0.29, 0.717) is 6.42 Å². The van der Waals surface area contributed by atoms with Gasteiger partial charge in [-0.05, 0) is 30.5 Å². The number of sulfonamides is 1. The van der Waals surface area contributed by atoms with E-state index in [1.54, 1.807) is 6.92 Å². The molecule has 0 radical (unpaired) electrons. The number of aliphatic hydroxyl groups excluding tert-OH is 1. The highest BCUT2D eigenvalue weighted by molar-refractivity contribution is 7.89. The second kappa shape index (κ2) is 6.17. The molecular weight excluding hydrogens is 319 g/mol. The molecule has 8 heteroatoms. The first-order chi connectivity index (χ1) is 10.1. The molecule has 1 aromatic rings. The molecule has 0 aromatic heterocycles. The Kier molecular flexibility index (Phi) is 4.84. The van der Waals surface area contributed by atoms with Gasteiger partial charge in [-0.15, -0.1) is 0 Å². The Morgan fingerprint density at radius 3 is 2.64 bits per heavy atom. The molecule has 0 bridgehead atoms. The van der Waals surface area contributed by atoms with Gasteiger partial charge in [-0.25, -0.2) is 8.42 Å². The number of hydrogen-bond acceptors (Lipinski definition) is 3. The van der Waals surface area contributed by atoms with Gasteiger partial charge in [-0.2, -0.15) is 17.5 Å². The highest BCUT2D eigenvalue weighted by Gasteiger charge is 2.40. The Balaban J connectivity index is 2.38. The van der Waals surface area contributed by atoms with Crippen LogP contribution in [0.2, 0.25) is 0 Å². The third-order valence-corrected chi connectivity index (χ3v) is 5.69. The summed E-state index contributed by atoms with van der Waals surface area (Å²) in [4.78, 5) is 0. The van der Waals surface area contributed by atoms with Crippen LogP contribution in [0, 0.1) is 0 Å². The molecule has 1 aliphatic rings. The van der Waals surface area contributed by atoms with Gasteiger partial charge in [-0.3, -0.25) is 0 Å². The van der Waals surface area contributed by atoms with Crippen LogP contribution in [0.4, 0.5) is 13.2 Å². The molecule has 1 heterocycles. The van der Waals surface area contributed by atoms with Gasteiger partial charge < -0.3 is 5.11 Å². The molecule has 0 saturated carbocycles. The first kappa shape index (κ1) is 17.2. The number of aliphatic hydroxyl groups is 1. The molecule has 1 aliphatic heterocycles. The van der Waals surface area contributed by atoms with Crippen molar-refractivity contribution in [3.8, 4) is 0 Å². The molecule has 2 rings (SSSR count). The Labute approximate surface area is 127 Å². The van der Waals surface area contributed by atoms with E-state index < -0.39 is 33.9 Å². The maximum atomic E-state index is 12.8. The number of hydrogen-bond donors (Lipinski definition) is 1. The summed E-state index contributed by atoms with van der Waals surface area (Å²) in [5.74, 6) is -0.0881. The Hall–Kier alpha value is -1.12. The van der Waals surface area contributed by atoms with Gasteiger partial charge in [0.15, 0.2) is 0 Å². The number of nitrogens with zero attached hydrogens (tertiary/aromatic N) is 1. The first-order valence-corrected chi connectivity index (χ1v) is 8.61. The zero-order valence-corrected chi connectivity index (χ0v) is 12.9. The first-order valence-electron chi connectivity index (χ1n) is 7.00. The van der Waals surface area contributed by atoms with Gasteiger partial charge in [0.25, 0.3) is 0 Å². The summed E-state index contributed by atoms with van der Waals surface area (Å²) in [5, 5.41) is 9.76. The molecule has 22 heavy (non-hydrogen) atoms. The van der Waals surface area contributed by atoms with E-state index in [9.17, 15) is 26.7 Å². The molecule has 4 nitrogen and oxygen atoms in total. The third kappa shape index (κ3) is 3.61. The summed E-state index contributed by atoms with van der Waals surface area (Å²) >= 11 is 0. The van der Waals surface area contributed by atoms with Crippen LogP contribution < -0.4 is 0 Å². The molecule has 1 saturated heterocycles. The van der Waals surface area contributed by atoms with Crippen LogP contribution in [0.25, 0.3) is 0 Å². The van der Waals surface area contributed by atoms with E-state index >= 15 is 0 Å². The number of alkyl halides is 3. The van der Waals surface area contributed by atoms with Gasteiger partial charge in [0, 0.05) is 6.54 Å². The number of rotatable bonds is 4. The molecule has 124 valence electrons. The van der Waals surface area contributed by atoms with Crippen LogP contribution in [0.15, 0.2) is 24.3 Å². The van der Waals surface area contributed by atoms with E-state index in [-0.39, 0.29) is 24.3 Å². The fraction of sp³-hybridized carbons (Fsp3) is 0.571. The lowest BCUT2D eigenvalue weighted by Crippen LogP contribution is -2.33. The third-order valence-electron chi connectivity index (χ3n) is 3.65. The highest BCUT2D eigenvalue weighted by atomic mass is 32.2. The Morgan fingerprint density at radius 2 is 2.05 bits per heavy atom. The van der Waals surface area contributed by atoms with Gasteiger partial charge in [-0.1, -0.05) is 19.1 Å². The molecule has 0 amide bonds. The van der Waals surface area contributed by atoms with Crippen molar-refractivity contribution in [2.24, 2.45) is 0 Å². The van der Waals surface area contributed by atoms with Gasteiger partial charge in [0.05, 0.1) is 23.5 Å². The Bertz CT molecular complexity index is 630. The van der Waals surface area contributed by atoms with Crippen molar-refractivity contribution in [1.29, 1.82) is 0 Å². The van der Waals surface area contributed by atoms with Crippen LogP contribution >= 0.6 is 0 Å². The minimum atomic E-state index is -4.49. The quantitative estimate of drug-likeness (QED) is 0.919. The number of β-amino-alcohol motifs (C(OH)–C–C–N with tert-alkyl or cyclic N) is 1. The fourth-order valence-corrected chi connectivity index (χ4v) is 4.44. The van der Waals surface area contributed by atoms with E-state index in [2.05, 4.69) is 0 Å². The summed E-state index contributed by atoms with van der Waals surface area (Å²) in [6.07, 6.45) is -4.85. The Morgan fingerprint density at radius 1 is 1.36 bits per heavy atom. The normalized spacial score (nSPS) is 23.9. The molecule has 1 N–H and O–H groups in total. The lowest BCUT2D eigenvalue weighted by Gasteiger charge is -2.24. The van der Waals surface area contributed by atoms with Crippen molar-refractivity contribution < 1.29 is 26.7 Å². The minimum absolute atomic E-state index is 0.0801. The zero-order valence-electron chi connectivity index (χ0n) is 12.0. The van der Waals surface area contributed by atoms with Crippen LogP contribution in [-0.4, -0.2) is 36.2 Å². The molecule has 2 atom stereocenters. The van der Waals surface area contributed by atoms with Crippen molar-refractivity contribution in [3.63, 3.8) is 0 Å². The summed E-state index contributed by atoms with van der Waals surface area (Å²) in [6.45, 7) is 1.63. The average Bonchev–Trinajstić information content (AvgIpc) is 2.81. The standard InChI is InChI=1S/C14H18F3NO3S/c1-2-6-22(20,21)18-9-12(19)8-13(18)10-4-3-5-11(7-10)14(15,16)17/h3-5,7,12-13,19H,2,6,8-9H2,1H3. The summed E-state index contributed by atoms with van der Waals surface area (Å²) in [5.41, 5.74) is -0.565. The monoisotopic (exact) mass is 337 g/mol. The van der Waals surface area contributed by atoms with E-state index in [1.165, 1.54) is 12.1 Å². The maximum Gasteiger partial charge on any atom is 0.416 e. The van der Waals surface area contributed by atoms with Crippen LogP contribution in [0.1, 0.15) is 36.9 Å². The second-order valence-corrected chi connectivity index (χ2v) is 7.46.